The van der Waals surface area contributed by atoms with Gasteiger partial charge in [-0.3, -0.25) is 9.59 Å². The summed E-state index contributed by atoms with van der Waals surface area (Å²) in [6.45, 7) is 10.0. The standard InChI is InChI=1S/C17H26N2O2/c1-12(2)10-11-18-15(20)17(4,5)16(21)19-14-9-7-6-8-13(14)3/h6-9,12H,10-11H2,1-5H3,(H,18,20)(H,19,21). The van der Waals surface area contributed by atoms with Crippen LogP contribution in [0.15, 0.2) is 24.3 Å². The monoisotopic (exact) mass is 290 g/mol. The van der Waals surface area contributed by atoms with Crippen LogP contribution in [-0.2, 0) is 9.59 Å². The maximum absolute atomic E-state index is 12.4. The van der Waals surface area contributed by atoms with Crippen LogP contribution < -0.4 is 10.6 Å². The molecule has 0 saturated heterocycles. The van der Waals surface area contributed by atoms with Gasteiger partial charge in [0.05, 0.1) is 0 Å². The number of benzene rings is 1. The van der Waals surface area contributed by atoms with Gasteiger partial charge < -0.3 is 10.6 Å². The van der Waals surface area contributed by atoms with E-state index in [1.54, 1.807) is 13.8 Å². The van der Waals surface area contributed by atoms with Gasteiger partial charge in [-0.2, -0.15) is 0 Å². The summed E-state index contributed by atoms with van der Waals surface area (Å²) < 4.78 is 0. The van der Waals surface area contributed by atoms with Gasteiger partial charge in [0.15, 0.2) is 0 Å². The minimum atomic E-state index is -1.10. The van der Waals surface area contributed by atoms with Gasteiger partial charge in [0.1, 0.15) is 5.41 Å². The van der Waals surface area contributed by atoms with Gasteiger partial charge in [-0.05, 0) is 44.7 Å². The highest BCUT2D eigenvalue weighted by Crippen LogP contribution is 2.21. The molecule has 0 fully saturated rings. The van der Waals surface area contributed by atoms with E-state index in [0.29, 0.717) is 12.5 Å². The molecule has 0 aliphatic rings. The van der Waals surface area contributed by atoms with Crippen molar-refractivity contribution in [2.45, 2.75) is 41.0 Å². The number of amides is 2. The lowest BCUT2D eigenvalue weighted by Crippen LogP contribution is -2.45. The van der Waals surface area contributed by atoms with Crippen molar-refractivity contribution in [3.05, 3.63) is 29.8 Å². The van der Waals surface area contributed by atoms with Gasteiger partial charge in [-0.15, -0.1) is 0 Å². The Morgan fingerprint density at radius 1 is 1.14 bits per heavy atom. The van der Waals surface area contributed by atoms with Crippen molar-refractivity contribution < 1.29 is 9.59 Å². The van der Waals surface area contributed by atoms with Crippen molar-refractivity contribution in [3.63, 3.8) is 0 Å². The van der Waals surface area contributed by atoms with E-state index in [4.69, 9.17) is 0 Å². The van der Waals surface area contributed by atoms with E-state index in [9.17, 15) is 9.59 Å². The van der Waals surface area contributed by atoms with Crippen LogP contribution in [0.3, 0.4) is 0 Å². The summed E-state index contributed by atoms with van der Waals surface area (Å²) in [4.78, 5) is 24.5. The Bertz CT molecular complexity index is 507. The molecule has 2 N–H and O–H groups in total. The molecule has 0 heterocycles. The van der Waals surface area contributed by atoms with E-state index in [2.05, 4.69) is 24.5 Å². The lowest BCUT2D eigenvalue weighted by atomic mass is 9.90. The van der Waals surface area contributed by atoms with Gasteiger partial charge in [0.2, 0.25) is 11.8 Å². The van der Waals surface area contributed by atoms with Gasteiger partial charge in [0, 0.05) is 12.2 Å². The van der Waals surface area contributed by atoms with E-state index in [1.165, 1.54) is 0 Å². The highest BCUT2D eigenvalue weighted by Gasteiger charge is 2.36. The molecule has 1 rings (SSSR count). The first-order valence-corrected chi connectivity index (χ1v) is 7.40. The third-order valence-corrected chi connectivity index (χ3v) is 3.54. The summed E-state index contributed by atoms with van der Waals surface area (Å²) in [6, 6.07) is 7.53. The third-order valence-electron chi connectivity index (χ3n) is 3.54. The Labute approximate surface area is 127 Å². The van der Waals surface area contributed by atoms with E-state index in [1.807, 2.05) is 31.2 Å². The van der Waals surface area contributed by atoms with Crippen molar-refractivity contribution in [2.24, 2.45) is 11.3 Å². The summed E-state index contributed by atoms with van der Waals surface area (Å²) in [7, 11) is 0. The minimum Gasteiger partial charge on any atom is -0.355 e. The number of hydrogen-bond acceptors (Lipinski definition) is 2. The highest BCUT2D eigenvalue weighted by atomic mass is 16.2. The first kappa shape index (κ1) is 17.2. The first-order valence-electron chi connectivity index (χ1n) is 7.40. The molecule has 0 unspecified atom stereocenters. The van der Waals surface area contributed by atoms with E-state index in [-0.39, 0.29) is 11.8 Å². The van der Waals surface area contributed by atoms with Gasteiger partial charge >= 0.3 is 0 Å². The molecule has 4 nitrogen and oxygen atoms in total. The van der Waals surface area contributed by atoms with Crippen molar-refractivity contribution >= 4 is 17.5 Å². The molecule has 0 spiro atoms. The minimum absolute atomic E-state index is 0.241. The van der Waals surface area contributed by atoms with Crippen LogP contribution in [0.4, 0.5) is 5.69 Å². The maximum atomic E-state index is 12.4. The number of carbonyl (C=O) groups is 2. The fourth-order valence-electron chi connectivity index (χ4n) is 1.79. The lowest BCUT2D eigenvalue weighted by Gasteiger charge is -2.23. The Kier molecular flexibility index (Phi) is 5.94. The molecule has 0 saturated carbocycles. The molecular weight excluding hydrogens is 264 g/mol. The predicted molar refractivity (Wildman–Crippen MR) is 86.1 cm³/mol. The number of aryl methyl sites for hydroxylation is 1. The SMILES string of the molecule is Cc1ccccc1NC(=O)C(C)(C)C(=O)NCCC(C)C. The van der Waals surface area contributed by atoms with Crippen molar-refractivity contribution in [3.8, 4) is 0 Å². The van der Waals surface area contributed by atoms with Crippen LogP contribution in [0.1, 0.15) is 39.7 Å². The van der Waals surface area contributed by atoms with Gasteiger partial charge in [-0.25, -0.2) is 0 Å². The molecule has 1 aromatic rings. The Morgan fingerprint density at radius 2 is 1.76 bits per heavy atom. The zero-order valence-electron chi connectivity index (χ0n) is 13.6. The number of para-hydroxylation sites is 1. The molecule has 2 amide bonds. The van der Waals surface area contributed by atoms with Crippen LogP contribution in [0.2, 0.25) is 0 Å². The number of nitrogens with one attached hydrogen (secondary N) is 2. The van der Waals surface area contributed by atoms with E-state index in [0.717, 1.165) is 17.7 Å². The molecule has 0 aliphatic heterocycles. The zero-order valence-corrected chi connectivity index (χ0v) is 13.6. The normalized spacial score (nSPS) is 11.3. The summed E-state index contributed by atoms with van der Waals surface area (Å²) in [5.74, 6) is -0.0118. The highest BCUT2D eigenvalue weighted by molar-refractivity contribution is 6.10. The summed E-state index contributed by atoms with van der Waals surface area (Å²) in [5, 5.41) is 5.67. The fourth-order valence-corrected chi connectivity index (χ4v) is 1.79. The smallest absolute Gasteiger partial charge is 0.239 e. The van der Waals surface area contributed by atoms with Crippen LogP contribution in [0, 0.1) is 18.3 Å². The quantitative estimate of drug-likeness (QED) is 0.791. The summed E-state index contributed by atoms with van der Waals surface area (Å²) in [5.41, 5.74) is 0.617. The van der Waals surface area contributed by atoms with Crippen LogP contribution >= 0.6 is 0 Å². The Balaban J connectivity index is 2.66. The molecule has 0 aliphatic carbocycles. The van der Waals surface area contributed by atoms with Crippen molar-refractivity contribution in [2.75, 3.05) is 11.9 Å². The average molecular weight is 290 g/mol. The molecular formula is C17H26N2O2. The zero-order chi connectivity index (χ0) is 16.0. The fraction of sp³-hybridized carbons (Fsp3) is 0.529. The van der Waals surface area contributed by atoms with Gasteiger partial charge in [-0.1, -0.05) is 32.0 Å². The largest absolute Gasteiger partial charge is 0.355 e. The second kappa shape index (κ2) is 7.25. The van der Waals surface area contributed by atoms with Crippen LogP contribution in [-0.4, -0.2) is 18.4 Å². The van der Waals surface area contributed by atoms with Crippen LogP contribution in [0.25, 0.3) is 0 Å². The topological polar surface area (TPSA) is 58.2 Å². The maximum Gasteiger partial charge on any atom is 0.239 e. The predicted octanol–water partition coefficient (Wildman–Crippen LogP) is 3.12. The van der Waals surface area contributed by atoms with Gasteiger partial charge in [0.25, 0.3) is 0 Å². The average Bonchev–Trinajstić information content (AvgIpc) is 2.40. The second-order valence-electron chi connectivity index (χ2n) is 6.33. The Morgan fingerprint density at radius 3 is 2.33 bits per heavy atom. The van der Waals surface area contributed by atoms with Crippen LogP contribution in [0.5, 0.6) is 0 Å². The Hall–Kier alpha value is -1.84. The molecule has 0 atom stereocenters. The molecule has 0 aromatic heterocycles. The molecule has 116 valence electrons. The van der Waals surface area contributed by atoms with E-state index < -0.39 is 5.41 Å². The second-order valence-corrected chi connectivity index (χ2v) is 6.33. The van der Waals surface area contributed by atoms with E-state index >= 15 is 0 Å². The lowest BCUT2D eigenvalue weighted by molar-refractivity contribution is -0.138. The summed E-state index contributed by atoms with van der Waals surface area (Å²) >= 11 is 0. The number of anilines is 1. The molecule has 4 heteroatoms. The first-order chi connectivity index (χ1) is 9.75. The third kappa shape index (κ3) is 4.88. The molecule has 1 aromatic carbocycles. The van der Waals surface area contributed by atoms with Crippen molar-refractivity contribution in [1.82, 2.24) is 5.32 Å². The van der Waals surface area contributed by atoms with Crippen molar-refractivity contribution in [1.29, 1.82) is 0 Å². The molecule has 0 bridgehead atoms. The molecule has 0 radical (unpaired) electrons. The summed E-state index contributed by atoms with van der Waals surface area (Å²) in [6.07, 6.45) is 0.904. The number of hydrogen-bond donors (Lipinski definition) is 2. The number of carbonyl (C=O) groups excluding carboxylic acids is 2. The number of rotatable bonds is 6. The molecule has 21 heavy (non-hydrogen) atoms.